The van der Waals surface area contributed by atoms with Gasteiger partial charge in [-0.1, -0.05) is 18.2 Å². The Morgan fingerprint density at radius 2 is 2.25 bits per heavy atom. The average Bonchev–Trinajstić information content (AvgIpc) is 3.03. The van der Waals surface area contributed by atoms with Crippen molar-refractivity contribution >= 4 is 26.8 Å². The third-order valence-electron chi connectivity index (χ3n) is 3.64. The van der Waals surface area contributed by atoms with Gasteiger partial charge in [0, 0.05) is 24.4 Å². The van der Waals surface area contributed by atoms with Gasteiger partial charge in [-0.3, -0.25) is 4.68 Å². The van der Waals surface area contributed by atoms with E-state index in [1.54, 1.807) is 0 Å². The zero-order valence-corrected chi connectivity index (χ0v) is 10.8. The van der Waals surface area contributed by atoms with E-state index in [9.17, 15) is 0 Å². The van der Waals surface area contributed by atoms with Crippen molar-refractivity contribution in [2.24, 2.45) is 12.8 Å². The zero-order valence-electron chi connectivity index (χ0n) is 9.20. The zero-order chi connectivity index (χ0) is 11.3. The van der Waals surface area contributed by atoms with Gasteiger partial charge in [-0.05, 0) is 34.3 Å². The van der Waals surface area contributed by atoms with E-state index in [1.807, 2.05) is 11.7 Å². The molecule has 0 radical (unpaired) electrons. The molecule has 0 spiro atoms. The molecular weight excluding hydrogens is 266 g/mol. The Labute approximate surface area is 103 Å². The normalized spacial score (nSPS) is 17.9. The number of aromatic nitrogens is 2. The summed E-state index contributed by atoms with van der Waals surface area (Å²) in [5.74, 6) is 0. The average molecular weight is 280 g/mol. The van der Waals surface area contributed by atoms with Gasteiger partial charge in [-0.15, -0.1) is 0 Å². The van der Waals surface area contributed by atoms with Crippen LogP contribution in [0.1, 0.15) is 18.4 Å². The highest BCUT2D eigenvalue weighted by Gasteiger charge is 2.44. The van der Waals surface area contributed by atoms with Gasteiger partial charge in [0.25, 0.3) is 0 Å². The third-order valence-corrected chi connectivity index (χ3v) is 4.22. The molecule has 4 heteroatoms. The van der Waals surface area contributed by atoms with E-state index in [0.717, 1.165) is 11.1 Å². The largest absolute Gasteiger partial charge is 0.330 e. The molecule has 1 heterocycles. The highest BCUT2D eigenvalue weighted by molar-refractivity contribution is 9.10. The van der Waals surface area contributed by atoms with Crippen LogP contribution in [0.3, 0.4) is 0 Å². The van der Waals surface area contributed by atoms with Crippen molar-refractivity contribution in [3.63, 3.8) is 0 Å². The first kappa shape index (κ1) is 10.3. The second-order valence-electron chi connectivity index (χ2n) is 4.60. The molecule has 3 nitrogen and oxygen atoms in total. The third kappa shape index (κ3) is 1.26. The Hall–Kier alpha value is -0.870. The molecule has 84 valence electrons. The summed E-state index contributed by atoms with van der Waals surface area (Å²) in [7, 11) is 1.99. The number of fused-ring (bicyclic) bond motifs is 1. The van der Waals surface area contributed by atoms with Crippen LogP contribution in [0.2, 0.25) is 0 Å². The van der Waals surface area contributed by atoms with E-state index in [2.05, 4.69) is 39.2 Å². The number of hydrogen-bond donors (Lipinski definition) is 1. The van der Waals surface area contributed by atoms with Gasteiger partial charge in [-0.2, -0.15) is 5.10 Å². The molecule has 1 aliphatic rings. The topological polar surface area (TPSA) is 43.8 Å². The second kappa shape index (κ2) is 3.31. The monoisotopic (exact) mass is 279 g/mol. The molecule has 2 aromatic rings. The first-order valence-electron chi connectivity index (χ1n) is 5.50. The number of nitrogens with zero attached hydrogens (tertiary/aromatic N) is 2. The maximum absolute atomic E-state index is 5.91. The molecule has 0 amide bonds. The summed E-state index contributed by atoms with van der Waals surface area (Å²) in [6, 6.07) is 6.39. The summed E-state index contributed by atoms with van der Waals surface area (Å²) in [6.45, 7) is 0.731. The summed E-state index contributed by atoms with van der Waals surface area (Å²) in [5.41, 5.74) is 8.70. The molecule has 0 unspecified atom stereocenters. The van der Waals surface area contributed by atoms with Crippen LogP contribution in [-0.4, -0.2) is 16.3 Å². The predicted molar refractivity (Wildman–Crippen MR) is 68.4 cm³/mol. The van der Waals surface area contributed by atoms with Crippen molar-refractivity contribution in [2.75, 3.05) is 6.54 Å². The van der Waals surface area contributed by atoms with E-state index in [-0.39, 0.29) is 5.41 Å². The molecule has 16 heavy (non-hydrogen) atoms. The molecule has 0 saturated heterocycles. The van der Waals surface area contributed by atoms with Crippen LogP contribution in [0, 0.1) is 0 Å². The van der Waals surface area contributed by atoms with E-state index >= 15 is 0 Å². The molecule has 1 fully saturated rings. The van der Waals surface area contributed by atoms with Crippen molar-refractivity contribution in [3.05, 3.63) is 28.4 Å². The van der Waals surface area contributed by atoms with Crippen LogP contribution in [0.5, 0.6) is 0 Å². The molecule has 0 bridgehead atoms. The van der Waals surface area contributed by atoms with Crippen LogP contribution in [0.25, 0.3) is 10.9 Å². The van der Waals surface area contributed by atoms with Crippen LogP contribution >= 0.6 is 15.9 Å². The maximum Gasteiger partial charge on any atom is 0.135 e. The smallest absolute Gasteiger partial charge is 0.135 e. The quantitative estimate of drug-likeness (QED) is 0.917. The lowest BCUT2D eigenvalue weighted by molar-refractivity contribution is 0.697. The fourth-order valence-electron chi connectivity index (χ4n) is 2.46. The Morgan fingerprint density at radius 3 is 2.88 bits per heavy atom. The van der Waals surface area contributed by atoms with Crippen LogP contribution in [0.15, 0.2) is 22.8 Å². The SMILES string of the molecule is Cn1nc(Br)c2cccc(C3(CN)CC3)c21. The number of hydrogen-bond acceptors (Lipinski definition) is 2. The summed E-state index contributed by atoms with van der Waals surface area (Å²) in [4.78, 5) is 0. The number of aryl methyl sites for hydroxylation is 1. The Morgan fingerprint density at radius 1 is 1.50 bits per heavy atom. The Kier molecular flexibility index (Phi) is 2.13. The number of rotatable bonds is 2. The summed E-state index contributed by atoms with van der Waals surface area (Å²) < 4.78 is 2.87. The fourth-order valence-corrected chi connectivity index (χ4v) is 3.01. The van der Waals surface area contributed by atoms with Gasteiger partial charge in [0.2, 0.25) is 0 Å². The Balaban J connectivity index is 2.33. The minimum Gasteiger partial charge on any atom is -0.330 e. The van der Waals surface area contributed by atoms with E-state index in [4.69, 9.17) is 5.73 Å². The molecular formula is C12H14BrN3. The van der Waals surface area contributed by atoms with Crippen molar-refractivity contribution in [3.8, 4) is 0 Å². The van der Waals surface area contributed by atoms with Gasteiger partial charge in [0.05, 0.1) is 5.52 Å². The van der Waals surface area contributed by atoms with Crippen molar-refractivity contribution < 1.29 is 0 Å². The number of halogens is 1. The van der Waals surface area contributed by atoms with Gasteiger partial charge in [0.15, 0.2) is 0 Å². The number of benzene rings is 1. The van der Waals surface area contributed by atoms with Gasteiger partial charge in [-0.25, -0.2) is 0 Å². The standard InChI is InChI=1S/C12H14BrN3/c1-16-10-8(11(13)15-16)3-2-4-9(10)12(7-14)5-6-12/h2-4H,5-7,14H2,1H3. The molecule has 2 N–H and O–H groups in total. The second-order valence-corrected chi connectivity index (χ2v) is 5.35. The molecule has 1 aromatic carbocycles. The van der Waals surface area contributed by atoms with E-state index in [1.165, 1.54) is 29.3 Å². The van der Waals surface area contributed by atoms with Crippen molar-refractivity contribution in [1.82, 2.24) is 9.78 Å². The van der Waals surface area contributed by atoms with Gasteiger partial charge >= 0.3 is 0 Å². The Bertz CT molecular complexity index is 555. The summed E-state index contributed by atoms with van der Waals surface area (Å²) in [5, 5.41) is 5.60. The maximum atomic E-state index is 5.91. The molecule has 3 rings (SSSR count). The highest BCUT2D eigenvalue weighted by Crippen LogP contribution is 2.49. The molecule has 0 atom stereocenters. The molecule has 1 aliphatic carbocycles. The molecule has 1 aromatic heterocycles. The van der Waals surface area contributed by atoms with Crippen molar-refractivity contribution in [2.45, 2.75) is 18.3 Å². The first-order chi connectivity index (χ1) is 7.68. The van der Waals surface area contributed by atoms with E-state index in [0.29, 0.717) is 0 Å². The minimum atomic E-state index is 0.215. The fraction of sp³-hybridized carbons (Fsp3) is 0.417. The van der Waals surface area contributed by atoms with Crippen LogP contribution in [-0.2, 0) is 12.5 Å². The molecule has 0 aliphatic heterocycles. The molecule has 1 saturated carbocycles. The lowest BCUT2D eigenvalue weighted by Crippen LogP contribution is -2.20. The van der Waals surface area contributed by atoms with Crippen LogP contribution in [0.4, 0.5) is 0 Å². The van der Waals surface area contributed by atoms with Gasteiger partial charge < -0.3 is 5.73 Å². The lowest BCUT2D eigenvalue weighted by atomic mass is 9.94. The highest BCUT2D eigenvalue weighted by atomic mass is 79.9. The first-order valence-corrected chi connectivity index (χ1v) is 6.29. The number of para-hydroxylation sites is 1. The minimum absolute atomic E-state index is 0.215. The van der Waals surface area contributed by atoms with Crippen molar-refractivity contribution in [1.29, 1.82) is 0 Å². The summed E-state index contributed by atoms with van der Waals surface area (Å²) >= 11 is 3.50. The van der Waals surface area contributed by atoms with Gasteiger partial charge in [0.1, 0.15) is 4.60 Å². The number of nitrogens with two attached hydrogens (primary N) is 1. The predicted octanol–water partition coefficient (Wildman–Crippen LogP) is 2.33. The van der Waals surface area contributed by atoms with E-state index < -0.39 is 0 Å². The lowest BCUT2D eigenvalue weighted by Gasteiger charge is -2.14. The van der Waals surface area contributed by atoms with Crippen LogP contribution < -0.4 is 5.73 Å². The summed E-state index contributed by atoms with van der Waals surface area (Å²) in [6.07, 6.45) is 2.40.